The largest absolute Gasteiger partial charge is 0.313 e. The highest BCUT2D eigenvalue weighted by molar-refractivity contribution is 7.89. The van der Waals surface area contributed by atoms with Gasteiger partial charge in [0.05, 0.1) is 5.75 Å². The maximum atomic E-state index is 11.9. The average molecular weight is 284 g/mol. The molecular weight excluding hydrogens is 260 g/mol. The molecule has 0 aliphatic heterocycles. The van der Waals surface area contributed by atoms with Crippen LogP contribution in [0.25, 0.3) is 0 Å². The van der Waals surface area contributed by atoms with E-state index in [1.54, 1.807) is 0 Å². The molecule has 0 aliphatic carbocycles. The monoisotopic (exact) mass is 284 g/mol. The first-order chi connectivity index (χ1) is 8.91. The molecule has 19 heavy (non-hydrogen) atoms. The molecule has 0 saturated heterocycles. The van der Waals surface area contributed by atoms with Crippen molar-refractivity contribution in [2.45, 2.75) is 32.7 Å². The highest BCUT2D eigenvalue weighted by atomic mass is 32.2. The minimum absolute atomic E-state index is 0.00300. The summed E-state index contributed by atoms with van der Waals surface area (Å²) in [5, 5.41) is 3.18. The van der Waals surface area contributed by atoms with Gasteiger partial charge in [0.25, 0.3) is 0 Å². The van der Waals surface area contributed by atoms with E-state index in [4.69, 9.17) is 0 Å². The third-order valence-corrected chi connectivity index (χ3v) is 4.42. The zero-order valence-electron chi connectivity index (χ0n) is 11.9. The molecule has 0 spiro atoms. The Morgan fingerprint density at radius 2 is 1.68 bits per heavy atom. The number of hydrogen-bond donors (Lipinski definition) is 2. The van der Waals surface area contributed by atoms with Crippen molar-refractivity contribution < 1.29 is 8.42 Å². The van der Waals surface area contributed by atoms with Crippen LogP contribution in [0, 0.1) is 0 Å². The summed E-state index contributed by atoms with van der Waals surface area (Å²) in [6.07, 6.45) is 0. The van der Waals surface area contributed by atoms with E-state index in [9.17, 15) is 8.42 Å². The van der Waals surface area contributed by atoms with Crippen LogP contribution in [0.15, 0.2) is 30.3 Å². The Morgan fingerprint density at radius 1 is 1.05 bits per heavy atom. The maximum Gasteiger partial charge on any atom is 0.212 e. The van der Waals surface area contributed by atoms with Gasteiger partial charge in [0, 0.05) is 19.1 Å². The summed E-state index contributed by atoms with van der Waals surface area (Å²) in [4.78, 5) is 0. The van der Waals surface area contributed by atoms with E-state index >= 15 is 0 Å². The second kappa shape index (κ2) is 7.62. The molecule has 1 unspecified atom stereocenters. The molecule has 0 amide bonds. The first kappa shape index (κ1) is 16.1. The predicted octanol–water partition coefficient (Wildman–Crippen LogP) is 1.71. The first-order valence-corrected chi connectivity index (χ1v) is 8.31. The number of rotatable bonds is 8. The molecule has 0 aliphatic rings. The number of nitrogens with one attached hydrogen (secondary N) is 2. The van der Waals surface area contributed by atoms with Crippen LogP contribution in [0.4, 0.5) is 0 Å². The Labute approximate surface area is 116 Å². The Hall–Kier alpha value is -0.910. The summed E-state index contributed by atoms with van der Waals surface area (Å²) < 4.78 is 26.5. The van der Waals surface area contributed by atoms with Crippen molar-refractivity contribution in [2.24, 2.45) is 0 Å². The van der Waals surface area contributed by atoms with Crippen LogP contribution in [-0.4, -0.2) is 33.3 Å². The molecule has 0 bridgehead atoms. The predicted molar refractivity (Wildman–Crippen MR) is 79.8 cm³/mol. The van der Waals surface area contributed by atoms with Gasteiger partial charge < -0.3 is 5.32 Å². The van der Waals surface area contributed by atoms with Crippen LogP contribution < -0.4 is 10.0 Å². The molecule has 4 nitrogen and oxygen atoms in total. The van der Waals surface area contributed by atoms with Crippen molar-refractivity contribution in [3.8, 4) is 0 Å². The third kappa shape index (κ3) is 6.71. The molecule has 2 N–H and O–H groups in total. The van der Waals surface area contributed by atoms with E-state index < -0.39 is 10.0 Å². The van der Waals surface area contributed by atoms with Gasteiger partial charge in [-0.1, -0.05) is 51.1 Å². The molecule has 1 aromatic carbocycles. The fourth-order valence-electron chi connectivity index (χ4n) is 1.83. The smallest absolute Gasteiger partial charge is 0.212 e. The highest BCUT2D eigenvalue weighted by Gasteiger charge is 2.16. The van der Waals surface area contributed by atoms with Crippen LogP contribution in [-0.2, 0) is 10.0 Å². The first-order valence-electron chi connectivity index (χ1n) is 6.66. The highest BCUT2D eigenvalue weighted by Crippen LogP contribution is 2.15. The molecule has 108 valence electrons. The number of sulfonamides is 1. The van der Waals surface area contributed by atoms with Crippen molar-refractivity contribution in [1.29, 1.82) is 0 Å². The molecule has 0 saturated carbocycles. The van der Waals surface area contributed by atoms with Gasteiger partial charge in [0.2, 0.25) is 10.0 Å². The van der Waals surface area contributed by atoms with Crippen LogP contribution in [0.2, 0.25) is 0 Å². The van der Waals surface area contributed by atoms with E-state index in [0.717, 1.165) is 5.56 Å². The fourth-order valence-corrected chi connectivity index (χ4v) is 3.21. The van der Waals surface area contributed by atoms with Crippen LogP contribution in [0.3, 0.4) is 0 Å². The van der Waals surface area contributed by atoms with Crippen molar-refractivity contribution in [1.82, 2.24) is 10.0 Å². The zero-order valence-corrected chi connectivity index (χ0v) is 12.7. The number of hydrogen-bond acceptors (Lipinski definition) is 3. The fraction of sp³-hybridized carbons (Fsp3) is 0.571. The summed E-state index contributed by atoms with van der Waals surface area (Å²) in [5.74, 6) is 0.121. The maximum absolute atomic E-state index is 11.9. The van der Waals surface area contributed by atoms with E-state index in [1.807, 2.05) is 51.1 Å². The molecule has 1 atom stereocenters. The van der Waals surface area contributed by atoms with E-state index in [-0.39, 0.29) is 11.7 Å². The Balaban J connectivity index is 2.42. The van der Waals surface area contributed by atoms with Gasteiger partial charge in [0.15, 0.2) is 0 Å². The molecule has 0 radical (unpaired) electrons. The molecule has 0 fully saturated rings. The van der Waals surface area contributed by atoms with Gasteiger partial charge in [-0.15, -0.1) is 0 Å². The Morgan fingerprint density at radius 3 is 2.26 bits per heavy atom. The summed E-state index contributed by atoms with van der Waals surface area (Å²) in [6.45, 7) is 7.08. The van der Waals surface area contributed by atoms with Crippen LogP contribution >= 0.6 is 0 Å². The van der Waals surface area contributed by atoms with Crippen molar-refractivity contribution in [3.63, 3.8) is 0 Å². The normalized spacial score (nSPS) is 13.7. The summed E-state index contributed by atoms with van der Waals surface area (Å²) in [5.41, 5.74) is 1.05. The molecule has 1 rings (SSSR count). The second-order valence-corrected chi connectivity index (χ2v) is 6.95. The van der Waals surface area contributed by atoms with E-state index in [0.29, 0.717) is 19.1 Å². The minimum atomic E-state index is -3.22. The quantitative estimate of drug-likeness (QED) is 0.715. The lowest BCUT2D eigenvalue weighted by atomic mass is 10.0. The van der Waals surface area contributed by atoms with E-state index in [1.165, 1.54) is 0 Å². The van der Waals surface area contributed by atoms with Gasteiger partial charge in [-0.25, -0.2) is 13.1 Å². The van der Waals surface area contributed by atoms with E-state index in [2.05, 4.69) is 10.0 Å². The van der Waals surface area contributed by atoms with Crippen molar-refractivity contribution in [3.05, 3.63) is 35.9 Å². The van der Waals surface area contributed by atoms with Crippen molar-refractivity contribution in [2.75, 3.05) is 18.8 Å². The van der Waals surface area contributed by atoms with Crippen LogP contribution in [0.5, 0.6) is 0 Å². The molecule has 0 heterocycles. The lowest BCUT2D eigenvalue weighted by molar-refractivity contribution is 0.556. The molecule has 5 heteroatoms. The van der Waals surface area contributed by atoms with Gasteiger partial charge in [-0.3, -0.25) is 0 Å². The lowest BCUT2D eigenvalue weighted by Gasteiger charge is -2.14. The summed E-state index contributed by atoms with van der Waals surface area (Å²) in [7, 11) is -3.22. The Bertz CT molecular complexity index is 458. The zero-order chi connectivity index (χ0) is 14.3. The third-order valence-electron chi connectivity index (χ3n) is 2.84. The lowest BCUT2D eigenvalue weighted by Crippen LogP contribution is -2.36. The second-order valence-electron chi connectivity index (χ2n) is 5.10. The molecule has 1 aromatic rings. The number of benzene rings is 1. The molecule has 0 aromatic heterocycles. The minimum Gasteiger partial charge on any atom is -0.313 e. The van der Waals surface area contributed by atoms with Gasteiger partial charge in [-0.2, -0.15) is 0 Å². The van der Waals surface area contributed by atoms with Crippen molar-refractivity contribution >= 4 is 10.0 Å². The summed E-state index contributed by atoms with van der Waals surface area (Å²) in [6, 6.07) is 10.1. The topological polar surface area (TPSA) is 58.2 Å². The van der Waals surface area contributed by atoms with Crippen LogP contribution in [0.1, 0.15) is 32.3 Å². The molecular formula is C14H24N2O2S. The summed E-state index contributed by atoms with van der Waals surface area (Å²) >= 11 is 0. The SMILES string of the molecule is CC(C)NCCNS(=O)(=O)CC(C)c1ccccc1. The standard InChI is InChI=1S/C14H24N2O2S/c1-12(2)15-9-10-16-19(17,18)11-13(3)14-7-5-4-6-8-14/h4-8,12-13,15-16H,9-11H2,1-3H3. The average Bonchev–Trinajstić information content (AvgIpc) is 2.35. The Kier molecular flexibility index (Phi) is 6.48. The van der Waals surface area contributed by atoms with Gasteiger partial charge in [0.1, 0.15) is 0 Å². The van der Waals surface area contributed by atoms with Gasteiger partial charge in [-0.05, 0) is 11.5 Å². The van der Waals surface area contributed by atoms with Gasteiger partial charge >= 0.3 is 0 Å².